The second-order valence-corrected chi connectivity index (χ2v) is 7.15. The van der Waals surface area contributed by atoms with E-state index in [2.05, 4.69) is 80.7 Å². The van der Waals surface area contributed by atoms with Crippen molar-refractivity contribution in [2.24, 2.45) is 0 Å². The predicted octanol–water partition coefficient (Wildman–Crippen LogP) is 4.83. The molecule has 1 aromatic heterocycles. The highest BCUT2D eigenvalue weighted by molar-refractivity contribution is 5.60. The summed E-state index contributed by atoms with van der Waals surface area (Å²) < 4.78 is 0. The van der Waals surface area contributed by atoms with E-state index >= 15 is 0 Å². The summed E-state index contributed by atoms with van der Waals surface area (Å²) in [6.45, 7) is 6.19. The molecule has 6 heteroatoms. The molecule has 0 radical (unpaired) electrons. The van der Waals surface area contributed by atoms with Crippen LogP contribution >= 0.6 is 0 Å². The van der Waals surface area contributed by atoms with Gasteiger partial charge in [0, 0.05) is 24.5 Å². The average Bonchev–Trinajstić information content (AvgIpc) is 3.23. The van der Waals surface area contributed by atoms with Gasteiger partial charge in [0.05, 0.1) is 0 Å². The zero-order valence-electron chi connectivity index (χ0n) is 16.4. The molecule has 1 saturated heterocycles. The average molecular weight is 374 g/mol. The van der Waals surface area contributed by atoms with Crippen LogP contribution in [0, 0.1) is 6.92 Å². The standard InChI is InChI=1S/C22H26N6/c1-3-17-9-11-18(12-10-17)23-20-25-21(24-19-8-6-7-16(2)15-19)27-22(26-20)28-13-4-5-14-28/h6-12,15H,3-5,13-14H2,1-2H3,(H2,23,24,25,26,27). The van der Waals surface area contributed by atoms with Crippen LogP contribution in [-0.2, 0) is 6.42 Å². The molecule has 1 aliphatic heterocycles. The van der Waals surface area contributed by atoms with E-state index in [1.165, 1.54) is 24.0 Å². The van der Waals surface area contributed by atoms with Crippen LogP contribution in [0.5, 0.6) is 0 Å². The van der Waals surface area contributed by atoms with E-state index in [9.17, 15) is 0 Å². The molecule has 4 rings (SSSR count). The van der Waals surface area contributed by atoms with Gasteiger partial charge in [0.1, 0.15) is 0 Å². The van der Waals surface area contributed by atoms with Crippen LogP contribution in [0.4, 0.5) is 29.2 Å². The summed E-state index contributed by atoms with van der Waals surface area (Å²) in [6.07, 6.45) is 3.37. The lowest BCUT2D eigenvalue weighted by atomic mass is 10.1. The Hall–Kier alpha value is -3.15. The first-order chi connectivity index (χ1) is 13.7. The summed E-state index contributed by atoms with van der Waals surface area (Å²) in [6, 6.07) is 16.6. The quantitative estimate of drug-likeness (QED) is 0.644. The minimum Gasteiger partial charge on any atom is -0.341 e. The number of aromatic nitrogens is 3. The van der Waals surface area contributed by atoms with Crippen LogP contribution in [0.2, 0.25) is 0 Å². The number of aryl methyl sites for hydroxylation is 2. The van der Waals surface area contributed by atoms with Gasteiger partial charge in [0.15, 0.2) is 0 Å². The number of nitrogens with zero attached hydrogens (tertiary/aromatic N) is 4. The minimum atomic E-state index is 0.551. The molecule has 0 atom stereocenters. The monoisotopic (exact) mass is 374 g/mol. The summed E-state index contributed by atoms with van der Waals surface area (Å²) in [4.78, 5) is 16.1. The Kier molecular flexibility index (Phi) is 5.37. The summed E-state index contributed by atoms with van der Waals surface area (Å²) >= 11 is 0. The van der Waals surface area contributed by atoms with Crippen LogP contribution < -0.4 is 15.5 Å². The molecule has 0 aliphatic carbocycles. The molecule has 1 fully saturated rings. The molecule has 0 saturated carbocycles. The van der Waals surface area contributed by atoms with Crippen molar-refractivity contribution in [3.05, 3.63) is 59.7 Å². The van der Waals surface area contributed by atoms with Gasteiger partial charge < -0.3 is 15.5 Å². The lowest BCUT2D eigenvalue weighted by Gasteiger charge is -2.17. The first-order valence-corrected chi connectivity index (χ1v) is 9.90. The fraction of sp³-hybridized carbons (Fsp3) is 0.318. The maximum absolute atomic E-state index is 4.67. The normalized spacial score (nSPS) is 13.6. The number of benzene rings is 2. The minimum absolute atomic E-state index is 0.551. The van der Waals surface area contributed by atoms with Crippen LogP contribution in [0.3, 0.4) is 0 Å². The molecule has 1 aliphatic rings. The van der Waals surface area contributed by atoms with E-state index in [1.807, 2.05) is 12.1 Å². The number of nitrogens with one attached hydrogen (secondary N) is 2. The zero-order chi connectivity index (χ0) is 19.3. The SMILES string of the molecule is CCc1ccc(Nc2nc(Nc3cccc(C)c3)nc(N3CCCC3)n2)cc1. The van der Waals surface area contributed by atoms with Crippen LogP contribution in [0.25, 0.3) is 0 Å². The zero-order valence-corrected chi connectivity index (χ0v) is 16.4. The summed E-state index contributed by atoms with van der Waals surface area (Å²) in [5.41, 5.74) is 4.43. The molecule has 0 unspecified atom stereocenters. The Labute approximate surface area is 166 Å². The summed E-state index contributed by atoms with van der Waals surface area (Å²) in [5.74, 6) is 1.82. The number of hydrogen-bond donors (Lipinski definition) is 2. The Balaban J connectivity index is 1.62. The van der Waals surface area contributed by atoms with Crippen LogP contribution in [0.15, 0.2) is 48.5 Å². The van der Waals surface area contributed by atoms with Crippen molar-refractivity contribution in [1.82, 2.24) is 15.0 Å². The Bertz CT molecular complexity index is 932. The van der Waals surface area contributed by atoms with Gasteiger partial charge >= 0.3 is 0 Å². The van der Waals surface area contributed by atoms with Crippen molar-refractivity contribution in [1.29, 1.82) is 0 Å². The molecular formula is C22H26N6. The van der Waals surface area contributed by atoms with Gasteiger partial charge in [-0.3, -0.25) is 0 Å². The first-order valence-electron chi connectivity index (χ1n) is 9.90. The van der Waals surface area contributed by atoms with Crippen molar-refractivity contribution in [3.8, 4) is 0 Å². The number of rotatable bonds is 6. The van der Waals surface area contributed by atoms with E-state index in [1.54, 1.807) is 0 Å². The molecule has 2 N–H and O–H groups in total. The molecular weight excluding hydrogens is 348 g/mol. The van der Waals surface area contributed by atoms with Gasteiger partial charge in [-0.2, -0.15) is 15.0 Å². The maximum atomic E-state index is 4.67. The van der Waals surface area contributed by atoms with E-state index in [-0.39, 0.29) is 0 Å². The van der Waals surface area contributed by atoms with E-state index in [4.69, 9.17) is 0 Å². The third-order valence-corrected chi connectivity index (χ3v) is 4.91. The molecule has 2 heterocycles. The Morgan fingerprint density at radius 1 is 0.857 bits per heavy atom. The van der Waals surface area contributed by atoms with Gasteiger partial charge in [0.2, 0.25) is 17.8 Å². The molecule has 2 aromatic carbocycles. The van der Waals surface area contributed by atoms with Crippen LogP contribution in [0.1, 0.15) is 30.9 Å². The van der Waals surface area contributed by atoms with E-state index in [0.29, 0.717) is 11.9 Å². The van der Waals surface area contributed by atoms with Crippen molar-refractivity contribution < 1.29 is 0 Å². The highest BCUT2D eigenvalue weighted by Crippen LogP contribution is 2.23. The van der Waals surface area contributed by atoms with Gasteiger partial charge in [-0.1, -0.05) is 31.2 Å². The molecule has 6 nitrogen and oxygen atoms in total. The van der Waals surface area contributed by atoms with Crippen molar-refractivity contribution >= 4 is 29.2 Å². The van der Waals surface area contributed by atoms with E-state index in [0.717, 1.165) is 36.8 Å². The highest BCUT2D eigenvalue weighted by atomic mass is 15.3. The van der Waals surface area contributed by atoms with Gasteiger partial charge in [0.25, 0.3) is 0 Å². The molecule has 0 bridgehead atoms. The smallest absolute Gasteiger partial charge is 0.233 e. The second kappa shape index (κ2) is 8.25. The third kappa shape index (κ3) is 4.39. The largest absolute Gasteiger partial charge is 0.341 e. The number of anilines is 5. The molecule has 0 amide bonds. The lowest BCUT2D eigenvalue weighted by Crippen LogP contribution is -2.21. The van der Waals surface area contributed by atoms with E-state index < -0.39 is 0 Å². The van der Waals surface area contributed by atoms with Crippen molar-refractivity contribution in [2.75, 3.05) is 28.6 Å². The fourth-order valence-corrected chi connectivity index (χ4v) is 3.34. The topological polar surface area (TPSA) is 66.0 Å². The van der Waals surface area contributed by atoms with Crippen LogP contribution in [-0.4, -0.2) is 28.0 Å². The first kappa shape index (κ1) is 18.2. The summed E-state index contributed by atoms with van der Waals surface area (Å²) in [5, 5.41) is 6.65. The molecule has 144 valence electrons. The lowest BCUT2D eigenvalue weighted by molar-refractivity contribution is 0.886. The summed E-state index contributed by atoms with van der Waals surface area (Å²) in [7, 11) is 0. The van der Waals surface area contributed by atoms with Gasteiger partial charge in [-0.05, 0) is 61.6 Å². The van der Waals surface area contributed by atoms with Crippen molar-refractivity contribution in [3.63, 3.8) is 0 Å². The predicted molar refractivity (Wildman–Crippen MR) is 115 cm³/mol. The molecule has 0 spiro atoms. The maximum Gasteiger partial charge on any atom is 0.233 e. The number of hydrogen-bond acceptors (Lipinski definition) is 6. The third-order valence-electron chi connectivity index (χ3n) is 4.91. The Morgan fingerprint density at radius 2 is 1.54 bits per heavy atom. The molecule has 3 aromatic rings. The molecule has 28 heavy (non-hydrogen) atoms. The fourth-order valence-electron chi connectivity index (χ4n) is 3.34. The van der Waals surface area contributed by atoms with Gasteiger partial charge in [-0.15, -0.1) is 0 Å². The van der Waals surface area contributed by atoms with Crippen molar-refractivity contribution in [2.45, 2.75) is 33.1 Å². The second-order valence-electron chi connectivity index (χ2n) is 7.15. The highest BCUT2D eigenvalue weighted by Gasteiger charge is 2.17. The van der Waals surface area contributed by atoms with Gasteiger partial charge in [-0.25, -0.2) is 0 Å². The Morgan fingerprint density at radius 3 is 2.18 bits per heavy atom.